The quantitative estimate of drug-likeness (QED) is 0.508. The van der Waals surface area contributed by atoms with Crippen molar-refractivity contribution in [1.82, 2.24) is 14.5 Å². The maximum absolute atomic E-state index is 14.8. The van der Waals surface area contributed by atoms with Crippen molar-refractivity contribution in [2.24, 2.45) is 5.92 Å². The molecule has 196 valence electrons. The van der Waals surface area contributed by atoms with Crippen molar-refractivity contribution in [3.63, 3.8) is 0 Å². The Morgan fingerprint density at radius 3 is 2.61 bits per heavy atom. The second-order valence-electron chi connectivity index (χ2n) is 9.27. The van der Waals surface area contributed by atoms with Crippen LogP contribution in [0.3, 0.4) is 0 Å². The zero-order valence-electron chi connectivity index (χ0n) is 19.5. The average Bonchev–Trinajstić information content (AvgIpc) is 3.67. The molecule has 0 bridgehead atoms. The second kappa shape index (κ2) is 10.5. The smallest absolute Gasteiger partial charge is 0.288 e. The van der Waals surface area contributed by atoms with E-state index >= 15 is 0 Å². The van der Waals surface area contributed by atoms with E-state index < -0.39 is 48.5 Å². The van der Waals surface area contributed by atoms with Crippen molar-refractivity contribution >= 4 is 11.7 Å². The fraction of sp³-hybridized carbons (Fsp3) is 0.542. The molecule has 1 aliphatic heterocycles. The molecule has 1 saturated heterocycles. The number of hydrogen-bond acceptors (Lipinski definition) is 5. The van der Waals surface area contributed by atoms with Crippen LogP contribution in [-0.2, 0) is 4.79 Å². The van der Waals surface area contributed by atoms with Crippen molar-refractivity contribution in [3.8, 4) is 5.75 Å². The Morgan fingerprint density at radius 2 is 1.97 bits per heavy atom. The maximum atomic E-state index is 14.8. The van der Waals surface area contributed by atoms with Crippen LogP contribution in [-0.4, -0.2) is 58.4 Å². The van der Waals surface area contributed by atoms with Gasteiger partial charge in [-0.15, -0.1) is 0 Å². The summed E-state index contributed by atoms with van der Waals surface area (Å²) in [4.78, 5) is 30.3. The Balaban J connectivity index is 1.43. The molecule has 3 atom stereocenters. The fourth-order valence-corrected chi connectivity index (χ4v) is 4.10. The van der Waals surface area contributed by atoms with Crippen LogP contribution < -0.4 is 15.6 Å². The van der Waals surface area contributed by atoms with Gasteiger partial charge in [0, 0.05) is 31.8 Å². The Kier molecular flexibility index (Phi) is 7.62. The third-order valence-electron chi connectivity index (χ3n) is 6.59. The van der Waals surface area contributed by atoms with Gasteiger partial charge < -0.3 is 10.1 Å². The van der Waals surface area contributed by atoms with Gasteiger partial charge in [-0.05, 0) is 43.4 Å². The number of alkyl halides is 5. The number of carbonyl (C=O) groups excluding carboxylic acids is 1. The van der Waals surface area contributed by atoms with Crippen molar-refractivity contribution in [2.45, 2.75) is 56.8 Å². The van der Waals surface area contributed by atoms with Crippen LogP contribution >= 0.6 is 0 Å². The standard InChI is InChI=1S/C24H27F5N4O3/c1-14(23(35)31-19-6-5-17(10-30-19)36-13-15-2-3-15)32-9-8-24(28,29)18(12-32)16-4-7-20(34)33(11-16)22(27)21(25)26/h4-7,10-11,14-15,18,21-22H,2-3,8-9,12-13H2,1H3,(H,30,31,35). The fourth-order valence-electron chi connectivity index (χ4n) is 4.10. The molecule has 2 aliphatic rings. The number of rotatable bonds is 9. The van der Waals surface area contributed by atoms with E-state index in [-0.39, 0.29) is 29.0 Å². The van der Waals surface area contributed by atoms with Gasteiger partial charge in [-0.25, -0.2) is 26.9 Å². The third kappa shape index (κ3) is 6.03. The van der Waals surface area contributed by atoms with Gasteiger partial charge in [-0.1, -0.05) is 6.07 Å². The summed E-state index contributed by atoms with van der Waals surface area (Å²) in [5.74, 6) is -3.81. The number of aromatic nitrogens is 2. The van der Waals surface area contributed by atoms with E-state index in [2.05, 4.69) is 10.3 Å². The SMILES string of the molecule is CC(C(=O)Nc1ccc(OCC2CC2)cn1)N1CCC(F)(F)C(c2ccc(=O)n(C(F)C(F)F)c2)C1. The Hall–Kier alpha value is -3.02. The van der Waals surface area contributed by atoms with E-state index in [1.165, 1.54) is 11.1 Å². The molecule has 0 radical (unpaired) electrons. The van der Waals surface area contributed by atoms with Gasteiger partial charge >= 0.3 is 0 Å². The summed E-state index contributed by atoms with van der Waals surface area (Å²) < 4.78 is 74.8. The highest BCUT2D eigenvalue weighted by Gasteiger charge is 2.46. The number of pyridine rings is 2. The van der Waals surface area contributed by atoms with Crippen molar-refractivity contribution in [3.05, 3.63) is 52.6 Å². The monoisotopic (exact) mass is 514 g/mol. The Bertz CT molecular complexity index is 1120. The van der Waals surface area contributed by atoms with Gasteiger partial charge in [0.25, 0.3) is 17.9 Å². The van der Waals surface area contributed by atoms with E-state index in [1.54, 1.807) is 19.1 Å². The first-order valence-electron chi connectivity index (χ1n) is 11.7. The highest BCUT2D eigenvalue weighted by Crippen LogP contribution is 2.41. The highest BCUT2D eigenvalue weighted by atomic mass is 19.3. The molecule has 2 aromatic rings. The molecule has 2 fully saturated rings. The lowest BCUT2D eigenvalue weighted by Gasteiger charge is -2.40. The maximum Gasteiger partial charge on any atom is 0.288 e. The molecule has 0 spiro atoms. The summed E-state index contributed by atoms with van der Waals surface area (Å²) in [6.45, 7) is 1.78. The van der Waals surface area contributed by atoms with Crippen LogP contribution in [0.25, 0.3) is 0 Å². The van der Waals surface area contributed by atoms with Crippen molar-refractivity contribution < 1.29 is 31.5 Å². The number of amides is 1. The van der Waals surface area contributed by atoms with E-state index in [0.717, 1.165) is 25.0 Å². The number of piperidine rings is 1. The van der Waals surface area contributed by atoms with Gasteiger partial charge in [0.05, 0.1) is 24.8 Å². The lowest BCUT2D eigenvalue weighted by Crippen LogP contribution is -2.52. The summed E-state index contributed by atoms with van der Waals surface area (Å²) in [6.07, 6.45) is -2.54. The number of nitrogens with one attached hydrogen (secondary N) is 1. The van der Waals surface area contributed by atoms with Crippen LogP contribution in [0.2, 0.25) is 0 Å². The highest BCUT2D eigenvalue weighted by molar-refractivity contribution is 5.93. The first kappa shape index (κ1) is 26.1. The molecular formula is C24H27F5N4O3. The summed E-state index contributed by atoms with van der Waals surface area (Å²) in [7, 11) is 0. The number of halogens is 5. The predicted molar refractivity (Wildman–Crippen MR) is 121 cm³/mol. The molecule has 3 heterocycles. The molecule has 1 saturated carbocycles. The zero-order chi connectivity index (χ0) is 26.0. The van der Waals surface area contributed by atoms with E-state index in [9.17, 15) is 31.5 Å². The van der Waals surface area contributed by atoms with Crippen LogP contribution in [0.15, 0.2) is 41.5 Å². The molecule has 36 heavy (non-hydrogen) atoms. The minimum absolute atomic E-state index is 0.0954. The minimum Gasteiger partial charge on any atom is -0.492 e. The van der Waals surface area contributed by atoms with E-state index in [4.69, 9.17) is 4.74 Å². The lowest BCUT2D eigenvalue weighted by atomic mass is 9.87. The lowest BCUT2D eigenvalue weighted by molar-refractivity contribution is -0.125. The second-order valence-corrected chi connectivity index (χ2v) is 9.27. The number of nitrogens with zero attached hydrogens (tertiary/aromatic N) is 3. The molecule has 7 nitrogen and oxygen atoms in total. The summed E-state index contributed by atoms with van der Waals surface area (Å²) in [6, 6.07) is 4.32. The van der Waals surface area contributed by atoms with Gasteiger partial charge in [0.1, 0.15) is 11.6 Å². The molecule has 12 heteroatoms. The summed E-state index contributed by atoms with van der Waals surface area (Å²) in [5, 5.41) is 2.65. The Morgan fingerprint density at radius 1 is 1.22 bits per heavy atom. The third-order valence-corrected chi connectivity index (χ3v) is 6.59. The van der Waals surface area contributed by atoms with Crippen LogP contribution in [0, 0.1) is 5.92 Å². The number of carbonyl (C=O) groups is 1. The molecule has 0 aromatic carbocycles. The number of likely N-dealkylation sites (tertiary alicyclic amines) is 1. The molecule has 2 aromatic heterocycles. The zero-order valence-corrected chi connectivity index (χ0v) is 19.5. The normalized spacial score (nSPS) is 21.7. The number of ether oxygens (including phenoxy) is 1. The summed E-state index contributed by atoms with van der Waals surface area (Å²) >= 11 is 0. The minimum atomic E-state index is -3.49. The number of anilines is 1. The van der Waals surface area contributed by atoms with E-state index in [1.807, 2.05) is 0 Å². The van der Waals surface area contributed by atoms with Gasteiger partial charge in [0.2, 0.25) is 12.2 Å². The molecule has 1 N–H and O–H groups in total. The molecule has 1 aliphatic carbocycles. The summed E-state index contributed by atoms with van der Waals surface area (Å²) in [5.41, 5.74) is -1.23. The number of hydrogen-bond donors (Lipinski definition) is 1. The van der Waals surface area contributed by atoms with Gasteiger partial charge in [-0.3, -0.25) is 19.1 Å². The van der Waals surface area contributed by atoms with E-state index in [0.29, 0.717) is 24.5 Å². The Labute approximate surface area is 204 Å². The van der Waals surface area contributed by atoms with Crippen molar-refractivity contribution in [2.75, 3.05) is 25.0 Å². The van der Waals surface area contributed by atoms with Crippen LogP contribution in [0.1, 0.15) is 44.0 Å². The van der Waals surface area contributed by atoms with Crippen LogP contribution in [0.5, 0.6) is 5.75 Å². The average molecular weight is 514 g/mol. The predicted octanol–water partition coefficient (Wildman–Crippen LogP) is 4.22. The first-order valence-corrected chi connectivity index (χ1v) is 11.7. The molecular weight excluding hydrogens is 487 g/mol. The molecule has 1 amide bonds. The molecule has 3 unspecified atom stereocenters. The van der Waals surface area contributed by atoms with Gasteiger partial charge in [-0.2, -0.15) is 0 Å². The topological polar surface area (TPSA) is 76.5 Å². The molecule has 4 rings (SSSR count). The van der Waals surface area contributed by atoms with Crippen LogP contribution in [0.4, 0.5) is 27.8 Å². The van der Waals surface area contributed by atoms with Crippen molar-refractivity contribution in [1.29, 1.82) is 0 Å². The largest absolute Gasteiger partial charge is 0.492 e. The van der Waals surface area contributed by atoms with Gasteiger partial charge in [0.15, 0.2) is 0 Å². The first-order chi connectivity index (χ1) is 17.0.